The average molecular weight is 448 g/mol. The summed E-state index contributed by atoms with van der Waals surface area (Å²) in [5.41, 5.74) is 2.45. The first-order valence-corrected chi connectivity index (χ1v) is 11.0. The molecule has 0 atom stereocenters. The Bertz CT molecular complexity index is 1150. The minimum Gasteiger partial charge on any atom is -0.462 e. The number of ether oxygens (including phenoxy) is 1. The minimum atomic E-state index is -0.569. The van der Waals surface area contributed by atoms with Crippen LogP contribution in [-0.4, -0.2) is 49.6 Å². The summed E-state index contributed by atoms with van der Waals surface area (Å²) in [5, 5.41) is 7.80. The maximum Gasteiger partial charge on any atom is 0.341 e. The highest BCUT2D eigenvalue weighted by Gasteiger charge is 2.25. The molecular formula is C19H21N5O4S2. The normalized spacial score (nSPS) is 11.0. The van der Waals surface area contributed by atoms with Crippen LogP contribution in [0.3, 0.4) is 0 Å². The van der Waals surface area contributed by atoms with E-state index in [-0.39, 0.29) is 29.6 Å². The van der Waals surface area contributed by atoms with Crippen LogP contribution in [0.5, 0.6) is 0 Å². The Morgan fingerprint density at radius 1 is 1.23 bits per heavy atom. The van der Waals surface area contributed by atoms with Gasteiger partial charge in [0.2, 0.25) is 11.1 Å². The van der Waals surface area contributed by atoms with Gasteiger partial charge >= 0.3 is 5.97 Å². The maximum absolute atomic E-state index is 12.5. The number of amides is 1. The molecule has 1 N–H and O–H groups in total. The zero-order valence-electron chi connectivity index (χ0n) is 17.2. The quantitative estimate of drug-likeness (QED) is 0.333. The third-order valence-corrected chi connectivity index (χ3v) is 6.28. The number of anilines is 1. The third kappa shape index (κ3) is 4.51. The Balaban J connectivity index is 1.76. The molecule has 3 rings (SSSR count). The molecule has 0 unspecified atom stereocenters. The molecule has 30 heavy (non-hydrogen) atoms. The number of hydrogen-bond donors (Lipinski definition) is 1. The van der Waals surface area contributed by atoms with Gasteiger partial charge in [0.15, 0.2) is 5.78 Å². The summed E-state index contributed by atoms with van der Waals surface area (Å²) >= 11 is 2.23. The molecule has 3 aromatic rings. The molecule has 3 heterocycles. The van der Waals surface area contributed by atoms with E-state index in [1.807, 2.05) is 19.9 Å². The Hall–Kier alpha value is -2.79. The van der Waals surface area contributed by atoms with E-state index in [4.69, 9.17) is 4.74 Å². The molecule has 3 aromatic heterocycles. The van der Waals surface area contributed by atoms with Gasteiger partial charge in [0.05, 0.1) is 22.8 Å². The van der Waals surface area contributed by atoms with Crippen molar-refractivity contribution in [3.8, 4) is 0 Å². The highest BCUT2D eigenvalue weighted by molar-refractivity contribution is 7.99. The van der Waals surface area contributed by atoms with Gasteiger partial charge < -0.3 is 10.1 Å². The Kier molecular flexibility index (Phi) is 6.52. The number of aromatic nitrogens is 4. The van der Waals surface area contributed by atoms with E-state index in [2.05, 4.69) is 20.4 Å². The Morgan fingerprint density at radius 3 is 2.63 bits per heavy atom. The first-order valence-electron chi connectivity index (χ1n) is 9.16. The molecule has 0 radical (unpaired) electrons. The molecule has 0 fully saturated rings. The second-order valence-electron chi connectivity index (χ2n) is 6.52. The van der Waals surface area contributed by atoms with Gasteiger partial charge in [-0.3, -0.25) is 9.59 Å². The predicted molar refractivity (Wildman–Crippen MR) is 115 cm³/mol. The van der Waals surface area contributed by atoms with Crippen molar-refractivity contribution in [3.05, 3.63) is 33.5 Å². The number of carbonyl (C=O) groups is 3. The summed E-state index contributed by atoms with van der Waals surface area (Å²) in [6.45, 7) is 8.75. The zero-order valence-corrected chi connectivity index (χ0v) is 18.9. The van der Waals surface area contributed by atoms with E-state index in [0.29, 0.717) is 26.4 Å². The molecule has 0 aromatic carbocycles. The van der Waals surface area contributed by atoms with Gasteiger partial charge in [-0.2, -0.15) is 4.98 Å². The molecule has 0 bridgehead atoms. The molecular weight excluding hydrogens is 426 g/mol. The van der Waals surface area contributed by atoms with Crippen LogP contribution in [0.4, 0.5) is 5.00 Å². The van der Waals surface area contributed by atoms with E-state index in [1.165, 1.54) is 6.92 Å². The second-order valence-corrected chi connectivity index (χ2v) is 8.48. The van der Waals surface area contributed by atoms with Crippen molar-refractivity contribution in [3.63, 3.8) is 0 Å². The molecule has 0 saturated carbocycles. The number of hydrogen-bond acceptors (Lipinski definition) is 9. The molecule has 158 valence electrons. The second kappa shape index (κ2) is 8.92. The highest BCUT2D eigenvalue weighted by Crippen LogP contribution is 2.34. The van der Waals surface area contributed by atoms with Crippen LogP contribution in [-0.2, 0) is 9.53 Å². The monoisotopic (exact) mass is 447 g/mol. The van der Waals surface area contributed by atoms with Crippen molar-refractivity contribution >= 4 is 51.5 Å². The SMILES string of the molecule is CCOC(=O)c1c(NC(=O)CSc2nc3nc(C)cc(C)n3n2)sc(C(C)=O)c1C. The average Bonchev–Trinajstić information content (AvgIpc) is 3.21. The van der Waals surface area contributed by atoms with E-state index >= 15 is 0 Å². The fraction of sp³-hybridized carbons (Fsp3) is 0.368. The summed E-state index contributed by atoms with van der Waals surface area (Å²) in [7, 11) is 0. The van der Waals surface area contributed by atoms with Crippen LogP contribution in [0.2, 0.25) is 0 Å². The number of ketones is 1. The first-order chi connectivity index (χ1) is 14.2. The van der Waals surface area contributed by atoms with E-state index in [0.717, 1.165) is 34.5 Å². The molecule has 1 amide bonds. The van der Waals surface area contributed by atoms with Gasteiger partial charge in [0.25, 0.3) is 5.78 Å². The van der Waals surface area contributed by atoms with Gasteiger partial charge in [0.1, 0.15) is 5.00 Å². The summed E-state index contributed by atoms with van der Waals surface area (Å²) < 4.78 is 6.70. The Labute approximate surface area is 181 Å². The van der Waals surface area contributed by atoms with Crippen LogP contribution >= 0.6 is 23.1 Å². The fourth-order valence-electron chi connectivity index (χ4n) is 2.89. The summed E-state index contributed by atoms with van der Waals surface area (Å²) in [5.74, 6) is -0.587. The van der Waals surface area contributed by atoms with Crippen LogP contribution in [0.25, 0.3) is 5.78 Å². The third-order valence-electron chi connectivity index (χ3n) is 4.13. The number of rotatable bonds is 7. The van der Waals surface area contributed by atoms with Gasteiger partial charge in [-0.25, -0.2) is 14.3 Å². The molecule has 0 aliphatic rings. The zero-order chi connectivity index (χ0) is 22.0. The van der Waals surface area contributed by atoms with Crippen LogP contribution < -0.4 is 5.32 Å². The van der Waals surface area contributed by atoms with Crippen molar-refractivity contribution in [1.29, 1.82) is 0 Å². The van der Waals surface area contributed by atoms with Crippen molar-refractivity contribution in [2.24, 2.45) is 0 Å². The van der Waals surface area contributed by atoms with Crippen LogP contribution in [0.1, 0.15) is 50.8 Å². The number of Topliss-reactive ketones (excluding diaryl/α,β-unsaturated/α-hetero) is 1. The highest BCUT2D eigenvalue weighted by atomic mass is 32.2. The van der Waals surface area contributed by atoms with Gasteiger partial charge in [0, 0.05) is 11.4 Å². The largest absolute Gasteiger partial charge is 0.462 e. The number of carbonyl (C=O) groups excluding carboxylic acids is 3. The maximum atomic E-state index is 12.5. The molecule has 11 heteroatoms. The molecule has 0 aliphatic heterocycles. The number of nitrogens with one attached hydrogen (secondary N) is 1. The minimum absolute atomic E-state index is 0.0313. The molecule has 0 spiro atoms. The lowest BCUT2D eigenvalue weighted by Crippen LogP contribution is -2.16. The number of thiophene rings is 1. The van der Waals surface area contributed by atoms with Crippen LogP contribution in [0, 0.1) is 20.8 Å². The van der Waals surface area contributed by atoms with Gasteiger partial charge in [-0.05, 0) is 46.2 Å². The smallest absolute Gasteiger partial charge is 0.341 e. The lowest BCUT2D eigenvalue weighted by molar-refractivity contribution is -0.113. The van der Waals surface area contributed by atoms with E-state index < -0.39 is 5.97 Å². The molecule has 9 nitrogen and oxygen atoms in total. The number of aryl methyl sites for hydroxylation is 2. The molecule has 0 saturated heterocycles. The van der Waals surface area contributed by atoms with Crippen molar-refractivity contribution in [1.82, 2.24) is 19.6 Å². The summed E-state index contributed by atoms with van der Waals surface area (Å²) in [6, 6.07) is 1.89. The van der Waals surface area contributed by atoms with Crippen LogP contribution in [0.15, 0.2) is 11.2 Å². The van der Waals surface area contributed by atoms with Crippen molar-refractivity contribution < 1.29 is 19.1 Å². The topological polar surface area (TPSA) is 116 Å². The fourth-order valence-corrected chi connectivity index (χ4v) is 4.61. The summed E-state index contributed by atoms with van der Waals surface area (Å²) in [4.78, 5) is 45.8. The number of esters is 1. The predicted octanol–water partition coefficient (Wildman–Crippen LogP) is 3.22. The lowest BCUT2D eigenvalue weighted by atomic mass is 10.1. The Morgan fingerprint density at radius 2 is 1.97 bits per heavy atom. The number of thioether (sulfide) groups is 1. The van der Waals surface area contributed by atoms with Gasteiger partial charge in [-0.15, -0.1) is 16.4 Å². The van der Waals surface area contributed by atoms with Crippen molar-refractivity contribution in [2.75, 3.05) is 17.7 Å². The van der Waals surface area contributed by atoms with E-state index in [1.54, 1.807) is 18.4 Å². The summed E-state index contributed by atoms with van der Waals surface area (Å²) in [6.07, 6.45) is 0. The number of fused-ring (bicyclic) bond motifs is 1. The van der Waals surface area contributed by atoms with E-state index in [9.17, 15) is 14.4 Å². The standard InChI is InChI=1S/C19H21N5O4S2/c1-6-28-17(27)14-11(4)15(12(5)25)30-16(14)21-13(26)8-29-19-22-18-20-9(2)7-10(3)24(18)23-19/h7H,6,8H2,1-5H3,(H,21,26). The lowest BCUT2D eigenvalue weighted by Gasteiger charge is -2.06. The first kappa shape index (κ1) is 21.9. The molecule has 0 aliphatic carbocycles. The van der Waals surface area contributed by atoms with Crippen molar-refractivity contribution in [2.45, 2.75) is 39.8 Å². The van der Waals surface area contributed by atoms with Gasteiger partial charge in [-0.1, -0.05) is 11.8 Å². The number of nitrogens with zero attached hydrogens (tertiary/aromatic N) is 4.